The third-order valence-corrected chi connectivity index (χ3v) is 7.05. The second kappa shape index (κ2) is 10.4. The molecule has 202 valence electrons. The summed E-state index contributed by atoms with van der Waals surface area (Å²) in [5.74, 6) is -3.79. The minimum Gasteiger partial charge on any atom is -0.494 e. The quantitative estimate of drug-likeness (QED) is 0.394. The predicted molar refractivity (Wildman–Crippen MR) is 137 cm³/mol. The van der Waals surface area contributed by atoms with E-state index < -0.39 is 40.6 Å². The van der Waals surface area contributed by atoms with E-state index in [9.17, 15) is 27.9 Å². The number of aromatic hydroxyl groups is 1. The molecule has 0 radical (unpaired) electrons. The lowest BCUT2D eigenvalue weighted by Crippen LogP contribution is -2.35. The molecule has 0 spiro atoms. The Morgan fingerprint density at radius 1 is 1.13 bits per heavy atom. The molecule has 0 saturated carbocycles. The molecule has 1 aliphatic rings. The molecule has 3 heterocycles. The Bertz CT molecular complexity index is 1600. The Labute approximate surface area is 222 Å². The molecule has 2 aromatic carbocycles. The van der Waals surface area contributed by atoms with E-state index in [1.54, 1.807) is 44.4 Å². The minimum absolute atomic E-state index is 0.0585. The number of aryl methyl sites for hydroxylation is 1. The van der Waals surface area contributed by atoms with Crippen molar-refractivity contribution in [2.75, 3.05) is 13.1 Å². The summed E-state index contributed by atoms with van der Waals surface area (Å²) in [5.41, 5.74) is -0.674. The standard InChI is InChI=1S/C28H26F3N5O3/c1-3-23(17-12-18(29)14-19(30)13-17)36-25(22-9-10-34(2)33-22)32-26(37)24(28(36)39)27(38)35-11-8-16(15-35)20-6-4-5-7-21(20)31/h4-7,9-10,12-14,16,23,39H,3,8,11,15H2,1-2H3/t16?,23-/m0/s1. The Balaban J connectivity index is 1.61. The highest BCUT2D eigenvalue weighted by molar-refractivity contribution is 5.96. The summed E-state index contributed by atoms with van der Waals surface area (Å²) in [6, 6.07) is 9.96. The molecule has 39 heavy (non-hydrogen) atoms. The van der Waals surface area contributed by atoms with Gasteiger partial charge in [-0.15, -0.1) is 0 Å². The maximum atomic E-state index is 14.4. The Morgan fingerprint density at radius 3 is 2.49 bits per heavy atom. The normalized spacial score (nSPS) is 16.0. The first-order chi connectivity index (χ1) is 18.7. The molecule has 1 unspecified atom stereocenters. The van der Waals surface area contributed by atoms with E-state index in [-0.39, 0.29) is 48.3 Å². The Hall–Kier alpha value is -4.41. The number of rotatable bonds is 6. The van der Waals surface area contributed by atoms with Gasteiger partial charge in [0.1, 0.15) is 23.1 Å². The fourth-order valence-corrected chi connectivity index (χ4v) is 5.22. The van der Waals surface area contributed by atoms with Gasteiger partial charge in [-0.1, -0.05) is 25.1 Å². The number of hydrogen-bond acceptors (Lipinski definition) is 5. The molecule has 1 fully saturated rings. The van der Waals surface area contributed by atoms with E-state index >= 15 is 0 Å². The van der Waals surface area contributed by atoms with Gasteiger partial charge in [0.15, 0.2) is 11.4 Å². The summed E-state index contributed by atoms with van der Waals surface area (Å²) >= 11 is 0. The zero-order chi connectivity index (χ0) is 27.8. The number of likely N-dealkylation sites (tertiary alicyclic amines) is 1. The summed E-state index contributed by atoms with van der Waals surface area (Å²) in [7, 11) is 1.66. The largest absolute Gasteiger partial charge is 0.494 e. The van der Waals surface area contributed by atoms with E-state index in [0.717, 1.165) is 18.2 Å². The van der Waals surface area contributed by atoms with Crippen LogP contribution in [0.2, 0.25) is 0 Å². The number of aromatic nitrogens is 4. The van der Waals surface area contributed by atoms with Crippen molar-refractivity contribution in [3.8, 4) is 17.4 Å². The minimum atomic E-state index is -0.968. The second-order valence-electron chi connectivity index (χ2n) is 9.57. The van der Waals surface area contributed by atoms with E-state index in [0.29, 0.717) is 12.0 Å². The van der Waals surface area contributed by atoms with Crippen LogP contribution in [0.15, 0.2) is 59.5 Å². The highest BCUT2D eigenvalue weighted by atomic mass is 19.1. The van der Waals surface area contributed by atoms with Gasteiger partial charge in [0.05, 0.1) is 6.04 Å². The second-order valence-corrected chi connectivity index (χ2v) is 9.57. The van der Waals surface area contributed by atoms with Crippen LogP contribution in [0.4, 0.5) is 13.2 Å². The number of halogens is 3. The molecule has 1 N–H and O–H groups in total. The number of nitrogens with zero attached hydrogens (tertiary/aromatic N) is 5. The van der Waals surface area contributed by atoms with Crippen LogP contribution in [0.5, 0.6) is 5.88 Å². The zero-order valence-corrected chi connectivity index (χ0v) is 21.3. The van der Waals surface area contributed by atoms with Crippen molar-refractivity contribution in [3.05, 3.63) is 99.2 Å². The number of carbonyl (C=O) groups excluding carboxylic acids is 1. The molecule has 0 bridgehead atoms. The lowest BCUT2D eigenvalue weighted by atomic mass is 9.98. The molecule has 5 rings (SSSR count). The monoisotopic (exact) mass is 537 g/mol. The number of hydrogen-bond donors (Lipinski definition) is 1. The van der Waals surface area contributed by atoms with Crippen LogP contribution in [-0.2, 0) is 7.05 Å². The topological polar surface area (TPSA) is 93.2 Å². The number of amides is 1. The van der Waals surface area contributed by atoms with Crippen molar-refractivity contribution in [2.24, 2.45) is 7.05 Å². The highest BCUT2D eigenvalue weighted by Crippen LogP contribution is 2.35. The lowest BCUT2D eigenvalue weighted by Gasteiger charge is -2.25. The Morgan fingerprint density at radius 2 is 1.85 bits per heavy atom. The third kappa shape index (κ3) is 4.91. The fourth-order valence-electron chi connectivity index (χ4n) is 5.22. The average molecular weight is 538 g/mol. The van der Waals surface area contributed by atoms with Gasteiger partial charge in [-0.2, -0.15) is 10.1 Å². The first kappa shape index (κ1) is 26.2. The van der Waals surface area contributed by atoms with Crippen molar-refractivity contribution in [2.45, 2.75) is 31.7 Å². The van der Waals surface area contributed by atoms with Gasteiger partial charge in [-0.05, 0) is 48.2 Å². The summed E-state index contributed by atoms with van der Waals surface area (Å²) in [5, 5.41) is 15.7. The van der Waals surface area contributed by atoms with Gasteiger partial charge in [-0.25, -0.2) is 13.2 Å². The first-order valence-corrected chi connectivity index (χ1v) is 12.5. The van der Waals surface area contributed by atoms with Crippen molar-refractivity contribution < 1.29 is 23.1 Å². The van der Waals surface area contributed by atoms with Gasteiger partial charge in [0.2, 0.25) is 5.88 Å². The van der Waals surface area contributed by atoms with Crippen LogP contribution in [-0.4, -0.2) is 48.3 Å². The van der Waals surface area contributed by atoms with Crippen molar-refractivity contribution in [1.82, 2.24) is 24.2 Å². The maximum absolute atomic E-state index is 14.4. The molecule has 2 atom stereocenters. The third-order valence-electron chi connectivity index (χ3n) is 7.05. The zero-order valence-electron chi connectivity index (χ0n) is 21.3. The van der Waals surface area contributed by atoms with Crippen LogP contribution < -0.4 is 5.56 Å². The van der Waals surface area contributed by atoms with Crippen LogP contribution in [0.1, 0.15) is 53.2 Å². The van der Waals surface area contributed by atoms with Crippen LogP contribution in [0.25, 0.3) is 11.5 Å². The lowest BCUT2D eigenvalue weighted by molar-refractivity contribution is 0.0783. The summed E-state index contributed by atoms with van der Waals surface area (Å²) < 4.78 is 45.4. The van der Waals surface area contributed by atoms with Crippen molar-refractivity contribution >= 4 is 5.91 Å². The van der Waals surface area contributed by atoms with Crippen LogP contribution in [0, 0.1) is 17.5 Å². The first-order valence-electron chi connectivity index (χ1n) is 12.5. The summed E-state index contributed by atoms with van der Waals surface area (Å²) in [4.78, 5) is 32.3. The van der Waals surface area contributed by atoms with E-state index in [1.165, 1.54) is 20.2 Å². The fraction of sp³-hybridized carbons (Fsp3) is 0.286. The van der Waals surface area contributed by atoms with E-state index in [4.69, 9.17) is 0 Å². The SMILES string of the molecule is CC[C@@H](c1cc(F)cc(F)c1)n1c(-c2ccn(C)n2)nc(=O)c(C(=O)N2CCC(c3ccccc3F)C2)c1O. The van der Waals surface area contributed by atoms with E-state index in [1.807, 2.05) is 0 Å². The van der Waals surface area contributed by atoms with Crippen molar-refractivity contribution in [3.63, 3.8) is 0 Å². The van der Waals surface area contributed by atoms with Gasteiger partial charge >= 0.3 is 0 Å². The molecule has 8 nitrogen and oxygen atoms in total. The summed E-state index contributed by atoms with van der Waals surface area (Å²) in [6.07, 6.45) is 2.31. The number of carbonyl (C=O) groups is 1. The predicted octanol–water partition coefficient (Wildman–Crippen LogP) is 4.40. The molecule has 2 aromatic heterocycles. The summed E-state index contributed by atoms with van der Waals surface area (Å²) in [6.45, 7) is 2.12. The maximum Gasteiger partial charge on any atom is 0.290 e. The van der Waals surface area contributed by atoms with Gasteiger partial charge < -0.3 is 10.0 Å². The highest BCUT2D eigenvalue weighted by Gasteiger charge is 2.35. The van der Waals surface area contributed by atoms with Crippen LogP contribution in [0.3, 0.4) is 0 Å². The molecule has 1 saturated heterocycles. The average Bonchev–Trinajstić information content (AvgIpc) is 3.55. The molecule has 11 heteroatoms. The Kier molecular flexibility index (Phi) is 6.98. The molecule has 1 amide bonds. The van der Waals surface area contributed by atoms with Gasteiger partial charge in [0.25, 0.3) is 11.5 Å². The molecular weight excluding hydrogens is 511 g/mol. The van der Waals surface area contributed by atoms with Gasteiger partial charge in [-0.3, -0.25) is 18.8 Å². The van der Waals surface area contributed by atoms with Crippen molar-refractivity contribution in [1.29, 1.82) is 0 Å². The molecular formula is C28H26F3N5O3. The number of benzene rings is 2. The van der Waals surface area contributed by atoms with E-state index in [2.05, 4.69) is 10.1 Å². The molecule has 0 aliphatic carbocycles. The van der Waals surface area contributed by atoms with Crippen LogP contribution >= 0.6 is 0 Å². The van der Waals surface area contributed by atoms with Gasteiger partial charge in [0, 0.05) is 38.3 Å². The molecule has 4 aromatic rings. The molecule has 1 aliphatic heterocycles. The smallest absolute Gasteiger partial charge is 0.290 e.